The standard InChI is InChI=1S/C26H23ClN4O2S/c1-17-12-21(13-18(2)24(17)27)33-10-5-9-31-16-20(22-6-3-4-7-23(22)31)14-19(15-28)25(32)30-26-29-8-11-34-26/h3-4,6-8,11-14,16H,5,9-10H2,1-2H3,(H,29,30,32). The van der Waals surface area contributed by atoms with Crippen molar-refractivity contribution in [2.24, 2.45) is 0 Å². The van der Waals surface area contributed by atoms with Gasteiger partial charge in [-0.05, 0) is 55.7 Å². The van der Waals surface area contributed by atoms with Crippen molar-refractivity contribution in [3.05, 3.63) is 81.5 Å². The lowest BCUT2D eigenvalue weighted by molar-refractivity contribution is -0.112. The number of carbonyl (C=O) groups excluding carboxylic acids is 1. The number of aromatic nitrogens is 2. The van der Waals surface area contributed by atoms with Gasteiger partial charge in [-0.1, -0.05) is 29.8 Å². The van der Waals surface area contributed by atoms with Crippen molar-refractivity contribution < 1.29 is 9.53 Å². The molecule has 1 amide bonds. The van der Waals surface area contributed by atoms with Crippen LogP contribution in [-0.4, -0.2) is 22.1 Å². The van der Waals surface area contributed by atoms with Crippen LogP contribution in [0.25, 0.3) is 17.0 Å². The quantitative estimate of drug-likeness (QED) is 0.176. The molecule has 4 rings (SSSR count). The Morgan fingerprint density at radius 3 is 2.76 bits per heavy atom. The van der Waals surface area contributed by atoms with Crippen LogP contribution in [0, 0.1) is 25.2 Å². The van der Waals surface area contributed by atoms with Gasteiger partial charge in [0.2, 0.25) is 0 Å². The Balaban J connectivity index is 1.48. The van der Waals surface area contributed by atoms with Crippen molar-refractivity contribution in [2.45, 2.75) is 26.8 Å². The summed E-state index contributed by atoms with van der Waals surface area (Å²) >= 11 is 7.54. The van der Waals surface area contributed by atoms with Gasteiger partial charge < -0.3 is 9.30 Å². The molecular weight excluding hydrogens is 468 g/mol. The predicted molar refractivity (Wildman–Crippen MR) is 137 cm³/mol. The predicted octanol–water partition coefficient (Wildman–Crippen LogP) is 6.38. The number of carbonyl (C=O) groups is 1. The van der Waals surface area contributed by atoms with E-state index in [9.17, 15) is 10.1 Å². The number of rotatable bonds is 8. The van der Waals surface area contributed by atoms with Crippen molar-refractivity contribution in [3.8, 4) is 11.8 Å². The van der Waals surface area contributed by atoms with Crippen molar-refractivity contribution in [1.82, 2.24) is 9.55 Å². The van der Waals surface area contributed by atoms with Crippen LogP contribution in [0.3, 0.4) is 0 Å². The van der Waals surface area contributed by atoms with Gasteiger partial charge in [-0.2, -0.15) is 5.26 Å². The third kappa shape index (κ3) is 5.30. The summed E-state index contributed by atoms with van der Waals surface area (Å²) in [7, 11) is 0. The summed E-state index contributed by atoms with van der Waals surface area (Å²) in [6.07, 6.45) is 5.98. The average Bonchev–Trinajstić information content (AvgIpc) is 3.46. The molecule has 6 nitrogen and oxygen atoms in total. The molecule has 2 aromatic heterocycles. The Hall–Kier alpha value is -3.60. The minimum atomic E-state index is -0.476. The topological polar surface area (TPSA) is 79.9 Å². The molecule has 34 heavy (non-hydrogen) atoms. The number of nitrogens with zero attached hydrogens (tertiary/aromatic N) is 3. The van der Waals surface area contributed by atoms with Gasteiger partial charge in [-0.15, -0.1) is 11.3 Å². The molecule has 2 aromatic carbocycles. The zero-order valence-electron chi connectivity index (χ0n) is 18.8. The van der Waals surface area contributed by atoms with E-state index in [-0.39, 0.29) is 5.57 Å². The Labute approximate surface area is 207 Å². The van der Waals surface area contributed by atoms with Crippen LogP contribution in [0.5, 0.6) is 5.75 Å². The molecule has 0 spiro atoms. The molecule has 0 bridgehead atoms. The second kappa shape index (κ2) is 10.6. The number of anilines is 1. The molecular formula is C26H23ClN4O2S. The maximum Gasteiger partial charge on any atom is 0.268 e. The molecule has 4 aromatic rings. The lowest BCUT2D eigenvalue weighted by atomic mass is 10.1. The van der Waals surface area contributed by atoms with E-state index in [4.69, 9.17) is 16.3 Å². The number of thiazole rings is 1. The number of hydrogen-bond donors (Lipinski definition) is 1. The zero-order valence-corrected chi connectivity index (χ0v) is 20.4. The first kappa shape index (κ1) is 23.6. The Morgan fingerprint density at radius 1 is 1.29 bits per heavy atom. The summed E-state index contributed by atoms with van der Waals surface area (Å²) < 4.78 is 8.06. The van der Waals surface area contributed by atoms with Gasteiger partial charge in [-0.3, -0.25) is 10.1 Å². The van der Waals surface area contributed by atoms with E-state index in [2.05, 4.69) is 14.9 Å². The van der Waals surface area contributed by atoms with Gasteiger partial charge >= 0.3 is 0 Å². The Kier molecular flexibility index (Phi) is 7.31. The first-order valence-electron chi connectivity index (χ1n) is 10.8. The van der Waals surface area contributed by atoms with Gasteiger partial charge in [0.25, 0.3) is 5.91 Å². The van der Waals surface area contributed by atoms with Gasteiger partial charge in [0, 0.05) is 45.8 Å². The van der Waals surface area contributed by atoms with E-state index in [0.29, 0.717) is 11.7 Å². The number of aryl methyl sites for hydroxylation is 3. The van der Waals surface area contributed by atoms with Crippen molar-refractivity contribution >= 4 is 51.0 Å². The molecule has 0 fully saturated rings. The molecule has 0 radical (unpaired) electrons. The van der Waals surface area contributed by atoms with E-state index >= 15 is 0 Å². The van der Waals surface area contributed by atoms with Crippen LogP contribution < -0.4 is 10.1 Å². The highest BCUT2D eigenvalue weighted by atomic mass is 35.5. The van der Waals surface area contributed by atoms with E-state index < -0.39 is 5.91 Å². The summed E-state index contributed by atoms with van der Waals surface area (Å²) in [5, 5.41) is 16.2. The number of benzene rings is 2. The molecule has 0 aliphatic heterocycles. The van der Waals surface area contributed by atoms with Crippen LogP contribution in [0.1, 0.15) is 23.1 Å². The van der Waals surface area contributed by atoms with Gasteiger partial charge in [0.15, 0.2) is 5.13 Å². The molecule has 2 heterocycles. The molecule has 0 saturated carbocycles. The second-order valence-electron chi connectivity index (χ2n) is 7.83. The van der Waals surface area contributed by atoms with Crippen LogP contribution in [-0.2, 0) is 11.3 Å². The van der Waals surface area contributed by atoms with Crippen molar-refractivity contribution in [2.75, 3.05) is 11.9 Å². The number of ether oxygens (including phenoxy) is 1. The summed E-state index contributed by atoms with van der Waals surface area (Å²) in [4.78, 5) is 16.6. The van der Waals surface area contributed by atoms with Crippen LogP contribution >= 0.6 is 22.9 Å². The number of amides is 1. The monoisotopic (exact) mass is 490 g/mol. The Bertz CT molecular complexity index is 1380. The molecule has 8 heteroatoms. The van der Waals surface area contributed by atoms with E-state index in [1.807, 2.05) is 62.5 Å². The Morgan fingerprint density at radius 2 is 2.06 bits per heavy atom. The summed E-state index contributed by atoms with van der Waals surface area (Å²) in [6, 6.07) is 13.8. The fourth-order valence-electron chi connectivity index (χ4n) is 3.74. The number of halogens is 1. The largest absolute Gasteiger partial charge is 0.494 e. The average molecular weight is 491 g/mol. The van der Waals surface area contributed by atoms with Crippen molar-refractivity contribution in [3.63, 3.8) is 0 Å². The SMILES string of the molecule is Cc1cc(OCCCn2cc(C=C(C#N)C(=O)Nc3nccs3)c3ccccc32)cc(C)c1Cl. The zero-order chi connectivity index (χ0) is 24.1. The summed E-state index contributed by atoms with van der Waals surface area (Å²) in [5.74, 6) is 0.335. The maximum atomic E-state index is 12.5. The molecule has 0 atom stereocenters. The minimum absolute atomic E-state index is 0.0231. The number of fused-ring (bicyclic) bond motifs is 1. The molecule has 1 N–H and O–H groups in total. The summed E-state index contributed by atoms with van der Waals surface area (Å²) in [6.45, 7) is 5.22. The third-order valence-electron chi connectivity index (χ3n) is 5.36. The molecule has 0 saturated heterocycles. The maximum absolute atomic E-state index is 12.5. The van der Waals surface area contributed by atoms with Gasteiger partial charge in [0.1, 0.15) is 17.4 Å². The molecule has 0 unspecified atom stereocenters. The van der Waals surface area contributed by atoms with Crippen molar-refractivity contribution in [1.29, 1.82) is 5.26 Å². The first-order chi connectivity index (χ1) is 16.5. The fraction of sp³-hybridized carbons (Fsp3) is 0.192. The summed E-state index contributed by atoms with van der Waals surface area (Å²) in [5.41, 5.74) is 3.86. The number of para-hydroxylation sites is 1. The normalized spacial score (nSPS) is 11.4. The number of nitriles is 1. The minimum Gasteiger partial charge on any atom is -0.494 e. The van der Waals surface area contributed by atoms with E-state index in [0.717, 1.165) is 51.3 Å². The van der Waals surface area contributed by atoms with Crippen LogP contribution in [0.15, 0.2) is 59.7 Å². The van der Waals surface area contributed by atoms with E-state index in [1.165, 1.54) is 11.3 Å². The lowest BCUT2D eigenvalue weighted by Crippen LogP contribution is -2.13. The smallest absolute Gasteiger partial charge is 0.268 e. The molecule has 172 valence electrons. The fourth-order valence-corrected chi connectivity index (χ4v) is 4.38. The highest BCUT2D eigenvalue weighted by Crippen LogP contribution is 2.27. The number of hydrogen-bond acceptors (Lipinski definition) is 5. The van der Waals surface area contributed by atoms with E-state index in [1.54, 1.807) is 17.7 Å². The lowest BCUT2D eigenvalue weighted by Gasteiger charge is -2.10. The second-order valence-corrected chi connectivity index (χ2v) is 9.10. The highest BCUT2D eigenvalue weighted by Gasteiger charge is 2.13. The van der Waals surface area contributed by atoms with Gasteiger partial charge in [-0.25, -0.2) is 4.98 Å². The van der Waals surface area contributed by atoms with Gasteiger partial charge in [0.05, 0.1) is 6.61 Å². The number of nitrogens with one attached hydrogen (secondary N) is 1. The molecule has 0 aliphatic carbocycles. The highest BCUT2D eigenvalue weighted by molar-refractivity contribution is 7.13. The first-order valence-corrected chi connectivity index (χ1v) is 12.0. The molecule has 0 aliphatic rings. The third-order valence-corrected chi connectivity index (χ3v) is 6.64. The van der Waals surface area contributed by atoms with Crippen LogP contribution in [0.2, 0.25) is 5.02 Å². The van der Waals surface area contributed by atoms with Crippen LogP contribution in [0.4, 0.5) is 5.13 Å².